The number of benzene rings is 1. The van der Waals surface area contributed by atoms with Crippen molar-refractivity contribution in [1.82, 2.24) is 4.90 Å². The Balaban J connectivity index is 2.14. The van der Waals surface area contributed by atoms with Crippen LogP contribution in [0.3, 0.4) is 0 Å². The molecule has 1 amide bonds. The molecule has 2 atom stereocenters. The van der Waals surface area contributed by atoms with Gasteiger partial charge in [0.25, 0.3) is 0 Å². The number of rotatable bonds is 4. The molecule has 0 aromatic heterocycles. The van der Waals surface area contributed by atoms with Crippen LogP contribution in [-0.4, -0.2) is 23.4 Å². The quantitative estimate of drug-likeness (QED) is 0.922. The fraction of sp³-hybridized carbons (Fsp3) is 0.611. The molecule has 3 heteroatoms. The highest BCUT2D eigenvalue weighted by atomic mass is 16.1. The predicted octanol–water partition coefficient (Wildman–Crippen LogP) is 3.43. The van der Waals surface area contributed by atoms with Gasteiger partial charge < -0.3 is 5.73 Å². The minimum atomic E-state index is -0.346. The first kappa shape index (κ1) is 16.0. The van der Waals surface area contributed by atoms with Crippen molar-refractivity contribution in [2.24, 2.45) is 17.6 Å². The lowest BCUT2D eigenvalue weighted by molar-refractivity contribution is 0.1000. The maximum absolute atomic E-state index is 11.3. The zero-order chi connectivity index (χ0) is 15.4. The molecular formula is C18H28N2O. The van der Waals surface area contributed by atoms with Gasteiger partial charge in [-0.05, 0) is 55.3 Å². The molecule has 0 radical (unpaired) electrons. The molecule has 21 heavy (non-hydrogen) atoms. The number of nitrogens with two attached hydrogens (primary N) is 1. The SMILES string of the molecule is CC1CCC(C(C)C)N(Cc2cccc(C(N)=O)c2)CC1. The van der Waals surface area contributed by atoms with E-state index in [1.54, 1.807) is 6.07 Å². The molecule has 1 heterocycles. The molecule has 3 nitrogen and oxygen atoms in total. The van der Waals surface area contributed by atoms with E-state index in [2.05, 4.69) is 31.7 Å². The minimum absolute atomic E-state index is 0.346. The number of carbonyl (C=O) groups is 1. The third kappa shape index (κ3) is 4.31. The third-order valence-electron chi connectivity index (χ3n) is 4.70. The molecule has 2 rings (SSSR count). The monoisotopic (exact) mass is 288 g/mol. The summed E-state index contributed by atoms with van der Waals surface area (Å²) < 4.78 is 0. The first-order valence-corrected chi connectivity index (χ1v) is 8.10. The van der Waals surface area contributed by atoms with Crippen molar-refractivity contribution < 1.29 is 4.79 Å². The Morgan fingerprint density at radius 1 is 1.33 bits per heavy atom. The molecule has 0 spiro atoms. The van der Waals surface area contributed by atoms with E-state index < -0.39 is 0 Å². The van der Waals surface area contributed by atoms with Gasteiger partial charge in [-0.1, -0.05) is 32.9 Å². The van der Waals surface area contributed by atoms with Crippen LogP contribution in [-0.2, 0) is 6.54 Å². The summed E-state index contributed by atoms with van der Waals surface area (Å²) in [6.45, 7) is 9.04. The van der Waals surface area contributed by atoms with E-state index >= 15 is 0 Å². The number of nitrogens with zero attached hydrogens (tertiary/aromatic N) is 1. The maximum atomic E-state index is 11.3. The highest BCUT2D eigenvalue weighted by molar-refractivity contribution is 5.92. The van der Waals surface area contributed by atoms with E-state index in [-0.39, 0.29) is 5.91 Å². The average Bonchev–Trinajstić information content (AvgIpc) is 2.61. The molecule has 1 fully saturated rings. The number of likely N-dealkylation sites (tertiary alicyclic amines) is 1. The van der Waals surface area contributed by atoms with Gasteiger partial charge in [0.2, 0.25) is 5.91 Å². The molecule has 1 aromatic rings. The van der Waals surface area contributed by atoms with Gasteiger partial charge in [-0.15, -0.1) is 0 Å². The van der Waals surface area contributed by atoms with Crippen LogP contribution in [0.15, 0.2) is 24.3 Å². The Morgan fingerprint density at radius 3 is 2.76 bits per heavy atom. The van der Waals surface area contributed by atoms with E-state index in [0.717, 1.165) is 19.0 Å². The molecule has 2 N–H and O–H groups in total. The van der Waals surface area contributed by atoms with Gasteiger partial charge in [-0.25, -0.2) is 0 Å². The smallest absolute Gasteiger partial charge is 0.248 e. The Morgan fingerprint density at radius 2 is 2.10 bits per heavy atom. The molecule has 1 aliphatic rings. The van der Waals surface area contributed by atoms with Gasteiger partial charge in [-0.2, -0.15) is 0 Å². The largest absolute Gasteiger partial charge is 0.366 e. The number of carbonyl (C=O) groups excluding carboxylic acids is 1. The zero-order valence-electron chi connectivity index (χ0n) is 13.5. The minimum Gasteiger partial charge on any atom is -0.366 e. The Labute approximate surface area is 128 Å². The van der Waals surface area contributed by atoms with Crippen LogP contribution >= 0.6 is 0 Å². The number of hydrogen-bond donors (Lipinski definition) is 1. The van der Waals surface area contributed by atoms with E-state index in [1.165, 1.54) is 24.8 Å². The van der Waals surface area contributed by atoms with Crippen LogP contribution < -0.4 is 5.73 Å². The topological polar surface area (TPSA) is 46.3 Å². The fourth-order valence-corrected chi connectivity index (χ4v) is 3.34. The molecule has 1 aliphatic heterocycles. The normalized spacial score (nSPS) is 24.0. The molecular weight excluding hydrogens is 260 g/mol. The number of amides is 1. The third-order valence-corrected chi connectivity index (χ3v) is 4.70. The molecule has 0 saturated carbocycles. The van der Waals surface area contributed by atoms with E-state index in [4.69, 9.17) is 5.73 Å². The lowest BCUT2D eigenvalue weighted by Gasteiger charge is -2.33. The standard InChI is InChI=1S/C18H28N2O/c1-13(2)17-8-7-14(3)9-10-20(17)12-15-5-4-6-16(11-15)18(19)21/h4-6,11,13-14,17H,7-10,12H2,1-3H3,(H2,19,21). The van der Waals surface area contributed by atoms with Crippen molar-refractivity contribution in [3.63, 3.8) is 0 Å². The van der Waals surface area contributed by atoms with Crippen molar-refractivity contribution in [3.05, 3.63) is 35.4 Å². The summed E-state index contributed by atoms with van der Waals surface area (Å²) >= 11 is 0. The van der Waals surface area contributed by atoms with Gasteiger partial charge in [0.05, 0.1) is 0 Å². The van der Waals surface area contributed by atoms with Crippen LogP contribution in [0, 0.1) is 11.8 Å². The van der Waals surface area contributed by atoms with Gasteiger partial charge in [0.15, 0.2) is 0 Å². The zero-order valence-corrected chi connectivity index (χ0v) is 13.5. The predicted molar refractivity (Wildman–Crippen MR) is 87.0 cm³/mol. The summed E-state index contributed by atoms with van der Waals surface area (Å²) in [5.74, 6) is 1.13. The van der Waals surface area contributed by atoms with Gasteiger partial charge in [0, 0.05) is 18.2 Å². The van der Waals surface area contributed by atoms with Crippen LogP contribution in [0.4, 0.5) is 0 Å². The second-order valence-electron chi connectivity index (χ2n) is 6.82. The second kappa shape index (κ2) is 7.08. The molecule has 0 bridgehead atoms. The van der Waals surface area contributed by atoms with Crippen molar-refractivity contribution in [1.29, 1.82) is 0 Å². The molecule has 116 valence electrons. The lowest BCUT2D eigenvalue weighted by Crippen LogP contribution is -2.38. The Kier molecular flexibility index (Phi) is 5.40. The highest BCUT2D eigenvalue weighted by Gasteiger charge is 2.26. The second-order valence-corrected chi connectivity index (χ2v) is 6.82. The average molecular weight is 288 g/mol. The van der Waals surface area contributed by atoms with Gasteiger partial charge in [0.1, 0.15) is 0 Å². The molecule has 2 unspecified atom stereocenters. The first-order chi connectivity index (χ1) is 9.97. The highest BCUT2D eigenvalue weighted by Crippen LogP contribution is 2.27. The summed E-state index contributed by atoms with van der Waals surface area (Å²) in [5, 5.41) is 0. The first-order valence-electron chi connectivity index (χ1n) is 8.10. The number of hydrogen-bond acceptors (Lipinski definition) is 2. The van der Waals surface area contributed by atoms with Gasteiger partial charge in [-0.3, -0.25) is 9.69 Å². The van der Waals surface area contributed by atoms with E-state index in [0.29, 0.717) is 17.5 Å². The summed E-state index contributed by atoms with van der Waals surface area (Å²) in [5.41, 5.74) is 7.18. The van der Waals surface area contributed by atoms with Gasteiger partial charge >= 0.3 is 0 Å². The summed E-state index contributed by atoms with van der Waals surface area (Å²) in [4.78, 5) is 13.9. The van der Waals surface area contributed by atoms with Crippen LogP contribution in [0.25, 0.3) is 0 Å². The van der Waals surface area contributed by atoms with Crippen molar-refractivity contribution >= 4 is 5.91 Å². The number of primary amides is 1. The van der Waals surface area contributed by atoms with Crippen molar-refractivity contribution in [2.75, 3.05) is 6.54 Å². The Bertz CT molecular complexity index is 484. The molecule has 1 saturated heterocycles. The van der Waals surface area contributed by atoms with E-state index in [9.17, 15) is 4.79 Å². The van der Waals surface area contributed by atoms with Crippen molar-refractivity contribution in [2.45, 2.75) is 52.6 Å². The Hall–Kier alpha value is -1.35. The molecule has 1 aromatic carbocycles. The maximum Gasteiger partial charge on any atom is 0.248 e. The van der Waals surface area contributed by atoms with Crippen molar-refractivity contribution in [3.8, 4) is 0 Å². The van der Waals surface area contributed by atoms with Crippen LogP contribution in [0.5, 0.6) is 0 Å². The summed E-state index contributed by atoms with van der Waals surface area (Å²) in [6.07, 6.45) is 3.85. The van der Waals surface area contributed by atoms with Crippen LogP contribution in [0.2, 0.25) is 0 Å². The summed E-state index contributed by atoms with van der Waals surface area (Å²) in [6, 6.07) is 8.38. The molecule has 0 aliphatic carbocycles. The summed E-state index contributed by atoms with van der Waals surface area (Å²) in [7, 11) is 0. The van der Waals surface area contributed by atoms with Crippen LogP contribution in [0.1, 0.15) is 56.0 Å². The van der Waals surface area contributed by atoms with E-state index in [1.807, 2.05) is 12.1 Å². The lowest BCUT2D eigenvalue weighted by atomic mass is 9.95. The fourth-order valence-electron chi connectivity index (χ4n) is 3.34.